The molecule has 1 aromatic heterocycles. The van der Waals surface area contributed by atoms with Crippen molar-refractivity contribution in [2.45, 2.75) is 32.1 Å². The van der Waals surface area contributed by atoms with Crippen molar-refractivity contribution in [1.29, 1.82) is 0 Å². The molecule has 0 atom stereocenters. The largest absolute Gasteiger partial charge is 0.345 e. The number of likely N-dealkylation sites (N-methyl/N-ethyl adjacent to an activating group) is 1. The van der Waals surface area contributed by atoms with Gasteiger partial charge in [-0.2, -0.15) is 5.10 Å². The summed E-state index contributed by atoms with van der Waals surface area (Å²) in [4.78, 5) is 28.4. The predicted octanol–water partition coefficient (Wildman–Crippen LogP) is 1.07. The van der Waals surface area contributed by atoms with Gasteiger partial charge >= 0.3 is 0 Å². The molecule has 0 N–H and O–H groups in total. The normalized spacial score (nSPS) is 19.0. The molecule has 126 valence electrons. The fourth-order valence-electron chi connectivity index (χ4n) is 3.25. The fourth-order valence-corrected chi connectivity index (χ4v) is 3.25. The van der Waals surface area contributed by atoms with Gasteiger partial charge in [-0.3, -0.25) is 14.3 Å². The molecule has 1 aliphatic carbocycles. The van der Waals surface area contributed by atoms with E-state index >= 15 is 0 Å². The van der Waals surface area contributed by atoms with Gasteiger partial charge in [0.2, 0.25) is 11.8 Å². The minimum absolute atomic E-state index is 0.0668. The average Bonchev–Trinajstić information content (AvgIpc) is 3.33. The van der Waals surface area contributed by atoms with Crippen molar-refractivity contribution in [2.24, 2.45) is 18.9 Å². The molecule has 23 heavy (non-hydrogen) atoms. The van der Waals surface area contributed by atoms with Crippen molar-refractivity contribution in [1.82, 2.24) is 19.6 Å². The van der Waals surface area contributed by atoms with E-state index in [4.69, 9.17) is 0 Å². The zero-order chi connectivity index (χ0) is 16.4. The Bertz CT molecular complexity index is 571. The van der Waals surface area contributed by atoms with Gasteiger partial charge in [-0.1, -0.05) is 0 Å². The lowest BCUT2D eigenvalue weighted by molar-refractivity contribution is -0.140. The summed E-state index contributed by atoms with van der Waals surface area (Å²) in [5.74, 6) is 0.870. The monoisotopic (exact) mass is 318 g/mol. The number of piperidine rings is 1. The molecule has 0 unspecified atom stereocenters. The standard InChI is InChI=1S/C17H26N4O2/c1-19(8-5-13-11-18-20(2)12-13)16(22)15-6-9-21(10-7-15)17(23)14-3-4-14/h11-12,14-15H,3-10H2,1-2H3. The molecule has 2 amide bonds. The van der Waals surface area contributed by atoms with E-state index in [9.17, 15) is 9.59 Å². The quantitative estimate of drug-likeness (QED) is 0.816. The van der Waals surface area contributed by atoms with E-state index in [1.807, 2.05) is 36.3 Å². The van der Waals surface area contributed by atoms with E-state index < -0.39 is 0 Å². The highest BCUT2D eigenvalue weighted by atomic mass is 16.2. The number of carbonyl (C=O) groups excluding carboxylic acids is 2. The smallest absolute Gasteiger partial charge is 0.225 e. The number of hydrogen-bond donors (Lipinski definition) is 0. The lowest BCUT2D eigenvalue weighted by Gasteiger charge is -2.33. The van der Waals surface area contributed by atoms with Gasteiger partial charge < -0.3 is 9.80 Å². The Morgan fingerprint density at radius 1 is 1.22 bits per heavy atom. The highest BCUT2D eigenvalue weighted by Gasteiger charge is 2.36. The van der Waals surface area contributed by atoms with E-state index in [0.717, 1.165) is 50.8 Å². The van der Waals surface area contributed by atoms with Gasteiger partial charge in [0.25, 0.3) is 0 Å². The second-order valence-electron chi connectivity index (χ2n) is 6.91. The SMILES string of the molecule is CN(CCc1cnn(C)c1)C(=O)C1CCN(C(=O)C2CC2)CC1. The number of likely N-dealkylation sites (tertiary alicyclic amines) is 1. The number of aromatic nitrogens is 2. The summed E-state index contributed by atoms with van der Waals surface area (Å²) in [6, 6.07) is 0. The van der Waals surface area contributed by atoms with E-state index in [0.29, 0.717) is 12.5 Å². The zero-order valence-electron chi connectivity index (χ0n) is 14.1. The van der Waals surface area contributed by atoms with Gasteiger partial charge in [0.1, 0.15) is 0 Å². The molecular formula is C17H26N4O2. The summed E-state index contributed by atoms with van der Waals surface area (Å²) in [5, 5.41) is 4.15. The van der Waals surface area contributed by atoms with Gasteiger partial charge in [0.05, 0.1) is 6.20 Å². The Morgan fingerprint density at radius 3 is 2.48 bits per heavy atom. The summed E-state index contributed by atoms with van der Waals surface area (Å²) in [5.41, 5.74) is 1.15. The molecule has 6 nitrogen and oxygen atoms in total. The molecule has 1 saturated heterocycles. The van der Waals surface area contributed by atoms with Crippen molar-refractivity contribution < 1.29 is 9.59 Å². The molecule has 2 aliphatic rings. The van der Waals surface area contributed by atoms with Crippen LogP contribution in [-0.4, -0.2) is 58.1 Å². The maximum Gasteiger partial charge on any atom is 0.225 e. The molecule has 6 heteroatoms. The van der Waals surface area contributed by atoms with Crippen LogP contribution in [0.1, 0.15) is 31.2 Å². The lowest BCUT2D eigenvalue weighted by Crippen LogP contribution is -2.44. The molecule has 1 saturated carbocycles. The first-order valence-electron chi connectivity index (χ1n) is 8.56. The van der Waals surface area contributed by atoms with Crippen molar-refractivity contribution >= 4 is 11.8 Å². The Hall–Kier alpha value is -1.85. The molecule has 0 spiro atoms. The first-order chi connectivity index (χ1) is 11.0. The van der Waals surface area contributed by atoms with Gasteiger partial charge in [0.15, 0.2) is 0 Å². The van der Waals surface area contributed by atoms with E-state index in [1.54, 1.807) is 4.68 Å². The second-order valence-corrected chi connectivity index (χ2v) is 6.91. The number of aryl methyl sites for hydroxylation is 1. The van der Waals surface area contributed by atoms with Gasteiger partial charge in [0, 0.05) is 51.8 Å². The predicted molar refractivity (Wildman–Crippen MR) is 86.6 cm³/mol. The maximum absolute atomic E-state index is 12.5. The summed E-state index contributed by atoms with van der Waals surface area (Å²) >= 11 is 0. The number of amides is 2. The van der Waals surface area contributed by atoms with Crippen LogP contribution in [0.5, 0.6) is 0 Å². The summed E-state index contributed by atoms with van der Waals surface area (Å²) in [7, 11) is 3.77. The molecule has 2 heterocycles. The van der Waals surface area contributed by atoms with Crippen LogP contribution in [0.15, 0.2) is 12.4 Å². The average molecular weight is 318 g/mol. The van der Waals surface area contributed by atoms with E-state index in [1.165, 1.54) is 0 Å². The molecule has 0 radical (unpaired) electrons. The number of nitrogens with zero attached hydrogens (tertiary/aromatic N) is 4. The highest BCUT2D eigenvalue weighted by molar-refractivity contribution is 5.82. The fraction of sp³-hybridized carbons (Fsp3) is 0.706. The molecule has 1 aliphatic heterocycles. The van der Waals surface area contributed by atoms with Crippen LogP contribution in [0.2, 0.25) is 0 Å². The van der Waals surface area contributed by atoms with Crippen LogP contribution >= 0.6 is 0 Å². The summed E-state index contributed by atoms with van der Waals surface area (Å²) in [6.45, 7) is 2.19. The topological polar surface area (TPSA) is 58.4 Å². The number of rotatable bonds is 5. The van der Waals surface area contributed by atoms with Gasteiger partial charge in [-0.25, -0.2) is 0 Å². The molecular weight excluding hydrogens is 292 g/mol. The number of carbonyl (C=O) groups is 2. The maximum atomic E-state index is 12.5. The van der Waals surface area contributed by atoms with Crippen molar-refractivity contribution in [3.63, 3.8) is 0 Å². The van der Waals surface area contributed by atoms with Crippen LogP contribution in [0.3, 0.4) is 0 Å². The van der Waals surface area contributed by atoms with E-state index in [-0.39, 0.29) is 17.7 Å². The minimum atomic E-state index is 0.0668. The van der Waals surface area contributed by atoms with Gasteiger partial charge in [-0.15, -0.1) is 0 Å². The molecule has 2 fully saturated rings. The molecule has 0 aromatic carbocycles. The van der Waals surface area contributed by atoms with Crippen LogP contribution in [0.25, 0.3) is 0 Å². The Morgan fingerprint density at radius 2 is 1.91 bits per heavy atom. The Labute approximate surface area is 137 Å². The molecule has 1 aromatic rings. The summed E-state index contributed by atoms with van der Waals surface area (Å²) in [6.07, 6.45) is 8.36. The Balaban J connectivity index is 1.43. The van der Waals surface area contributed by atoms with Crippen LogP contribution in [0, 0.1) is 11.8 Å². The molecule has 0 bridgehead atoms. The van der Waals surface area contributed by atoms with E-state index in [2.05, 4.69) is 5.10 Å². The van der Waals surface area contributed by atoms with Crippen LogP contribution in [-0.2, 0) is 23.1 Å². The zero-order valence-corrected chi connectivity index (χ0v) is 14.1. The number of hydrogen-bond acceptors (Lipinski definition) is 3. The third-order valence-corrected chi connectivity index (χ3v) is 4.95. The third-order valence-electron chi connectivity index (χ3n) is 4.95. The minimum Gasteiger partial charge on any atom is -0.345 e. The Kier molecular flexibility index (Phi) is 4.68. The first-order valence-corrected chi connectivity index (χ1v) is 8.56. The third kappa shape index (κ3) is 3.92. The lowest BCUT2D eigenvalue weighted by atomic mass is 9.95. The summed E-state index contributed by atoms with van der Waals surface area (Å²) < 4.78 is 1.78. The van der Waals surface area contributed by atoms with Crippen LogP contribution in [0.4, 0.5) is 0 Å². The van der Waals surface area contributed by atoms with Crippen molar-refractivity contribution in [3.8, 4) is 0 Å². The van der Waals surface area contributed by atoms with Crippen molar-refractivity contribution in [3.05, 3.63) is 18.0 Å². The molecule has 3 rings (SSSR count). The van der Waals surface area contributed by atoms with Crippen molar-refractivity contribution in [2.75, 3.05) is 26.7 Å². The van der Waals surface area contributed by atoms with Gasteiger partial charge in [-0.05, 0) is 37.7 Å². The first kappa shape index (κ1) is 16.0. The second kappa shape index (κ2) is 6.72. The highest BCUT2D eigenvalue weighted by Crippen LogP contribution is 2.32. The van der Waals surface area contributed by atoms with Crippen LogP contribution < -0.4 is 0 Å².